The van der Waals surface area contributed by atoms with Crippen LogP contribution in [0.5, 0.6) is 0 Å². The van der Waals surface area contributed by atoms with Crippen LogP contribution in [-0.2, 0) is 5.60 Å². The van der Waals surface area contributed by atoms with Crippen LogP contribution in [0.25, 0.3) is 11.0 Å². The molecule has 2 aromatic rings. The number of rotatable bonds is 6. The monoisotopic (exact) mass is 265 g/mol. The van der Waals surface area contributed by atoms with Crippen molar-refractivity contribution in [2.75, 3.05) is 19.8 Å². The normalized spacial score (nSPS) is 16.4. The number of furan rings is 1. The van der Waals surface area contributed by atoms with Crippen LogP contribution in [-0.4, -0.2) is 41.1 Å². The van der Waals surface area contributed by atoms with E-state index in [1.165, 1.54) is 0 Å². The minimum absolute atomic E-state index is 0.270. The van der Waals surface area contributed by atoms with E-state index < -0.39 is 18.2 Å². The Morgan fingerprint density at radius 1 is 1.32 bits per heavy atom. The van der Waals surface area contributed by atoms with Gasteiger partial charge in [0.25, 0.3) is 0 Å². The summed E-state index contributed by atoms with van der Waals surface area (Å²) in [5.74, 6) is 0. The quantitative estimate of drug-likeness (QED) is 0.614. The SMILES string of the molecule is CCNC(CO)C(O)(CO)c1ccc2occc2c1. The van der Waals surface area contributed by atoms with E-state index in [1.54, 1.807) is 30.5 Å². The number of aliphatic hydroxyl groups is 3. The van der Waals surface area contributed by atoms with Crippen LogP contribution in [0.15, 0.2) is 34.9 Å². The molecule has 1 aromatic heterocycles. The van der Waals surface area contributed by atoms with Gasteiger partial charge in [-0.1, -0.05) is 13.0 Å². The van der Waals surface area contributed by atoms with Crippen molar-refractivity contribution in [3.63, 3.8) is 0 Å². The Morgan fingerprint density at radius 3 is 2.74 bits per heavy atom. The summed E-state index contributed by atoms with van der Waals surface area (Å²) in [5.41, 5.74) is -0.270. The molecule has 0 bridgehead atoms. The van der Waals surface area contributed by atoms with E-state index in [-0.39, 0.29) is 6.61 Å². The Bertz CT molecular complexity index is 539. The zero-order chi connectivity index (χ0) is 13.9. The van der Waals surface area contributed by atoms with Crippen LogP contribution in [0, 0.1) is 0 Å². The molecule has 104 valence electrons. The zero-order valence-electron chi connectivity index (χ0n) is 10.8. The highest BCUT2D eigenvalue weighted by Crippen LogP contribution is 2.28. The first-order chi connectivity index (χ1) is 9.15. The maximum absolute atomic E-state index is 10.7. The van der Waals surface area contributed by atoms with E-state index in [1.807, 2.05) is 6.92 Å². The van der Waals surface area contributed by atoms with E-state index in [0.717, 1.165) is 5.39 Å². The van der Waals surface area contributed by atoms with E-state index >= 15 is 0 Å². The fraction of sp³-hybridized carbons (Fsp3) is 0.429. The topological polar surface area (TPSA) is 85.9 Å². The fourth-order valence-corrected chi connectivity index (χ4v) is 2.27. The van der Waals surface area contributed by atoms with Crippen molar-refractivity contribution < 1.29 is 19.7 Å². The van der Waals surface area contributed by atoms with Crippen LogP contribution in [0.4, 0.5) is 0 Å². The molecule has 2 rings (SSSR count). The Hall–Kier alpha value is -1.40. The van der Waals surface area contributed by atoms with Gasteiger partial charge in [-0.15, -0.1) is 0 Å². The van der Waals surface area contributed by atoms with Gasteiger partial charge in [0.05, 0.1) is 25.5 Å². The Morgan fingerprint density at radius 2 is 2.11 bits per heavy atom. The summed E-state index contributed by atoms with van der Waals surface area (Å²) < 4.78 is 5.24. The highest BCUT2D eigenvalue weighted by molar-refractivity contribution is 5.78. The predicted molar refractivity (Wildman–Crippen MR) is 71.7 cm³/mol. The molecule has 0 saturated heterocycles. The highest BCUT2D eigenvalue weighted by atomic mass is 16.3. The molecule has 1 aromatic carbocycles. The van der Waals surface area contributed by atoms with Crippen LogP contribution in [0.1, 0.15) is 12.5 Å². The lowest BCUT2D eigenvalue weighted by Gasteiger charge is -2.34. The number of hydrogen-bond acceptors (Lipinski definition) is 5. The summed E-state index contributed by atoms with van der Waals surface area (Å²) in [7, 11) is 0. The molecule has 5 heteroatoms. The van der Waals surface area contributed by atoms with Gasteiger partial charge in [0.15, 0.2) is 0 Å². The summed E-state index contributed by atoms with van der Waals surface area (Å²) in [6, 6.07) is 6.35. The van der Waals surface area contributed by atoms with E-state index in [9.17, 15) is 15.3 Å². The van der Waals surface area contributed by atoms with Crippen LogP contribution in [0.3, 0.4) is 0 Å². The van der Waals surface area contributed by atoms with Crippen LogP contribution in [0.2, 0.25) is 0 Å². The summed E-state index contributed by atoms with van der Waals surface area (Å²) in [4.78, 5) is 0. The molecule has 0 fully saturated rings. The average molecular weight is 265 g/mol. The molecule has 4 N–H and O–H groups in total. The van der Waals surface area contributed by atoms with Crippen molar-refractivity contribution >= 4 is 11.0 Å². The van der Waals surface area contributed by atoms with Gasteiger partial charge in [-0.3, -0.25) is 0 Å². The predicted octanol–water partition coefficient (Wildman–Crippen LogP) is 0.583. The number of aliphatic hydroxyl groups excluding tert-OH is 2. The third-order valence-corrected chi connectivity index (χ3v) is 3.40. The van der Waals surface area contributed by atoms with Crippen LogP contribution < -0.4 is 5.32 Å². The average Bonchev–Trinajstić information content (AvgIpc) is 2.91. The summed E-state index contributed by atoms with van der Waals surface area (Å²) in [6.45, 7) is 1.71. The van der Waals surface area contributed by atoms with Gasteiger partial charge < -0.3 is 25.1 Å². The van der Waals surface area contributed by atoms with Gasteiger partial charge in [-0.2, -0.15) is 0 Å². The molecule has 19 heavy (non-hydrogen) atoms. The molecule has 0 saturated carbocycles. The largest absolute Gasteiger partial charge is 0.464 e. The zero-order valence-corrected chi connectivity index (χ0v) is 10.8. The third kappa shape index (κ3) is 2.50. The van der Waals surface area contributed by atoms with Crippen molar-refractivity contribution in [2.24, 2.45) is 0 Å². The van der Waals surface area contributed by atoms with E-state index in [4.69, 9.17) is 4.42 Å². The lowest BCUT2D eigenvalue weighted by atomic mass is 9.86. The van der Waals surface area contributed by atoms with Gasteiger partial charge in [0, 0.05) is 5.39 Å². The van der Waals surface area contributed by atoms with Crippen molar-refractivity contribution in [3.05, 3.63) is 36.1 Å². The third-order valence-electron chi connectivity index (χ3n) is 3.40. The maximum atomic E-state index is 10.7. The molecular formula is C14H19NO4. The highest BCUT2D eigenvalue weighted by Gasteiger charge is 2.37. The second-order valence-electron chi connectivity index (χ2n) is 4.55. The fourth-order valence-electron chi connectivity index (χ4n) is 2.27. The summed E-state index contributed by atoms with van der Waals surface area (Å²) >= 11 is 0. The molecule has 0 aliphatic heterocycles. The number of nitrogens with one attached hydrogen (secondary N) is 1. The molecule has 1 heterocycles. The minimum Gasteiger partial charge on any atom is -0.464 e. The summed E-state index contributed by atoms with van der Waals surface area (Å²) in [5, 5.41) is 33.5. The Balaban J connectivity index is 2.43. The molecular weight excluding hydrogens is 246 g/mol. The standard InChI is InChI=1S/C14H19NO4/c1-2-15-13(8-16)14(18,9-17)11-3-4-12-10(7-11)5-6-19-12/h3-7,13,15-18H,2,8-9H2,1H3. The molecule has 2 atom stereocenters. The number of fused-ring (bicyclic) bond motifs is 1. The first-order valence-electron chi connectivity index (χ1n) is 6.31. The number of likely N-dealkylation sites (N-methyl/N-ethyl adjacent to an activating group) is 1. The molecule has 2 unspecified atom stereocenters. The van der Waals surface area contributed by atoms with Gasteiger partial charge in [0.2, 0.25) is 0 Å². The molecule has 0 aliphatic carbocycles. The first-order valence-corrected chi connectivity index (χ1v) is 6.31. The van der Waals surface area contributed by atoms with Crippen molar-refractivity contribution in [1.29, 1.82) is 0 Å². The summed E-state index contributed by atoms with van der Waals surface area (Å²) in [6.07, 6.45) is 1.57. The molecule has 0 amide bonds. The first kappa shape index (κ1) is 14.0. The lowest BCUT2D eigenvalue weighted by molar-refractivity contribution is -0.0626. The minimum atomic E-state index is -1.53. The van der Waals surface area contributed by atoms with Gasteiger partial charge in [-0.25, -0.2) is 0 Å². The smallest absolute Gasteiger partial charge is 0.133 e. The van der Waals surface area contributed by atoms with Gasteiger partial charge >= 0.3 is 0 Å². The maximum Gasteiger partial charge on any atom is 0.133 e. The van der Waals surface area contributed by atoms with Crippen molar-refractivity contribution in [3.8, 4) is 0 Å². The molecule has 0 aliphatic rings. The molecule has 0 spiro atoms. The number of benzene rings is 1. The Kier molecular flexibility index (Phi) is 4.21. The van der Waals surface area contributed by atoms with E-state index in [2.05, 4.69) is 5.32 Å². The van der Waals surface area contributed by atoms with Gasteiger partial charge in [0.1, 0.15) is 11.2 Å². The Labute approximate surface area is 111 Å². The van der Waals surface area contributed by atoms with Crippen LogP contribution >= 0.6 is 0 Å². The van der Waals surface area contributed by atoms with Crippen molar-refractivity contribution in [1.82, 2.24) is 5.32 Å². The molecule has 0 radical (unpaired) electrons. The second-order valence-corrected chi connectivity index (χ2v) is 4.55. The lowest BCUT2D eigenvalue weighted by Crippen LogP contribution is -2.53. The van der Waals surface area contributed by atoms with E-state index in [0.29, 0.717) is 17.7 Å². The molecule has 5 nitrogen and oxygen atoms in total. The van der Waals surface area contributed by atoms with Gasteiger partial charge in [-0.05, 0) is 30.3 Å². The number of hydrogen-bond donors (Lipinski definition) is 4. The second kappa shape index (κ2) is 5.71. The van der Waals surface area contributed by atoms with Crippen molar-refractivity contribution in [2.45, 2.75) is 18.6 Å².